The molecule has 3 rings (SSSR count). The maximum atomic E-state index is 12.9. The number of nitrogens with zero attached hydrogens (tertiary/aromatic N) is 1. The maximum Gasteiger partial charge on any atom is 0.416 e. The molecule has 0 spiro atoms. The Balaban J connectivity index is 1.74. The summed E-state index contributed by atoms with van der Waals surface area (Å²) in [5.74, 6) is 0.200. The van der Waals surface area contributed by atoms with Gasteiger partial charge in [0.05, 0.1) is 24.3 Å². The number of carbonyl (C=O) groups is 1. The van der Waals surface area contributed by atoms with Gasteiger partial charge in [0.25, 0.3) is 0 Å². The topological polar surface area (TPSA) is 41.6 Å². The maximum absolute atomic E-state index is 12.9. The van der Waals surface area contributed by atoms with Crippen molar-refractivity contribution < 1.29 is 22.7 Å². The van der Waals surface area contributed by atoms with Gasteiger partial charge in [0.2, 0.25) is 0 Å². The normalized spacial score (nSPS) is 22.2. The third-order valence-electron chi connectivity index (χ3n) is 4.72. The number of hydrogen-bond donors (Lipinski definition) is 1. The molecule has 1 N–H and O–H groups in total. The molecule has 1 heterocycles. The van der Waals surface area contributed by atoms with Crippen LogP contribution in [0.5, 0.6) is 0 Å². The average Bonchev–Trinajstić information content (AvgIpc) is 3.24. The molecular formula is C17H21F3N2O2. The van der Waals surface area contributed by atoms with Gasteiger partial charge in [-0.15, -0.1) is 0 Å². The quantitative estimate of drug-likeness (QED) is 0.909. The number of ether oxygens (including phenoxy) is 1. The molecule has 0 radical (unpaired) electrons. The molecule has 0 bridgehead atoms. The molecule has 1 saturated carbocycles. The summed E-state index contributed by atoms with van der Waals surface area (Å²) in [5, 5.41) is 2.91. The smallest absolute Gasteiger partial charge is 0.379 e. The molecule has 2 unspecified atom stereocenters. The van der Waals surface area contributed by atoms with Crippen LogP contribution in [0.4, 0.5) is 18.0 Å². The number of likely N-dealkylation sites (N-methyl/N-ethyl adjacent to an activating group) is 1. The van der Waals surface area contributed by atoms with E-state index in [9.17, 15) is 18.0 Å². The van der Waals surface area contributed by atoms with Crippen molar-refractivity contribution in [3.8, 4) is 0 Å². The van der Waals surface area contributed by atoms with Gasteiger partial charge >= 0.3 is 12.2 Å². The lowest BCUT2D eigenvalue weighted by atomic mass is 10.00. The zero-order valence-electron chi connectivity index (χ0n) is 13.5. The van der Waals surface area contributed by atoms with Crippen molar-refractivity contribution in [3.05, 3.63) is 35.4 Å². The Labute approximate surface area is 139 Å². The first-order valence-corrected chi connectivity index (χ1v) is 8.14. The molecule has 7 heteroatoms. The first kappa shape index (κ1) is 17.1. The second-order valence-corrected chi connectivity index (χ2v) is 6.52. The van der Waals surface area contributed by atoms with Crippen molar-refractivity contribution in [1.29, 1.82) is 0 Å². The van der Waals surface area contributed by atoms with Crippen LogP contribution in [-0.2, 0) is 10.9 Å². The van der Waals surface area contributed by atoms with Crippen LogP contribution in [0.3, 0.4) is 0 Å². The second-order valence-electron chi connectivity index (χ2n) is 6.52. The fraction of sp³-hybridized carbons (Fsp3) is 0.588. The Morgan fingerprint density at radius 2 is 2.08 bits per heavy atom. The fourth-order valence-corrected chi connectivity index (χ4v) is 3.04. The van der Waals surface area contributed by atoms with Gasteiger partial charge in [0.15, 0.2) is 0 Å². The van der Waals surface area contributed by atoms with Crippen molar-refractivity contribution >= 4 is 6.03 Å². The molecule has 0 aromatic heterocycles. The lowest BCUT2D eigenvalue weighted by molar-refractivity contribution is -0.137. The van der Waals surface area contributed by atoms with E-state index in [4.69, 9.17) is 4.74 Å². The number of amides is 2. The first-order chi connectivity index (χ1) is 11.4. The lowest BCUT2D eigenvalue weighted by Crippen LogP contribution is -2.45. The molecule has 1 aliphatic heterocycles. The van der Waals surface area contributed by atoms with E-state index in [2.05, 4.69) is 5.32 Å². The minimum atomic E-state index is -4.38. The van der Waals surface area contributed by atoms with Gasteiger partial charge < -0.3 is 15.0 Å². The van der Waals surface area contributed by atoms with Gasteiger partial charge in [-0.1, -0.05) is 12.1 Å². The monoisotopic (exact) mass is 342 g/mol. The van der Waals surface area contributed by atoms with Crippen LogP contribution < -0.4 is 5.32 Å². The van der Waals surface area contributed by atoms with Crippen molar-refractivity contribution in [2.75, 3.05) is 20.3 Å². The number of carbonyl (C=O) groups excluding carboxylic acids is 1. The second kappa shape index (κ2) is 6.63. The highest BCUT2D eigenvalue weighted by atomic mass is 19.4. The molecule has 1 aromatic carbocycles. The Morgan fingerprint density at radius 3 is 2.67 bits per heavy atom. The number of nitrogens with one attached hydrogen (secondary N) is 1. The molecule has 1 aromatic rings. The number of urea groups is 1. The molecule has 2 amide bonds. The molecule has 4 nitrogen and oxygen atoms in total. The van der Waals surface area contributed by atoms with E-state index in [0.717, 1.165) is 31.4 Å². The SMILES string of the molecule is CN(C(=O)NC(c1cccc(C(F)(F)F)c1)C1CC1)C1CCOC1. The van der Waals surface area contributed by atoms with Crippen molar-refractivity contribution in [1.82, 2.24) is 10.2 Å². The van der Waals surface area contributed by atoms with E-state index in [-0.39, 0.29) is 24.0 Å². The van der Waals surface area contributed by atoms with Gasteiger partial charge in [-0.3, -0.25) is 0 Å². The third kappa shape index (κ3) is 3.83. The van der Waals surface area contributed by atoms with Crippen LogP contribution in [0.2, 0.25) is 0 Å². The molecule has 24 heavy (non-hydrogen) atoms. The number of rotatable bonds is 4. The summed E-state index contributed by atoms with van der Waals surface area (Å²) in [4.78, 5) is 14.1. The Hall–Kier alpha value is -1.76. The summed E-state index contributed by atoms with van der Waals surface area (Å²) < 4.78 is 44.1. The minimum Gasteiger partial charge on any atom is -0.379 e. The van der Waals surface area contributed by atoms with E-state index in [1.165, 1.54) is 6.07 Å². The van der Waals surface area contributed by atoms with Crippen LogP contribution in [0.25, 0.3) is 0 Å². The lowest BCUT2D eigenvalue weighted by Gasteiger charge is -2.27. The summed E-state index contributed by atoms with van der Waals surface area (Å²) in [6, 6.07) is 4.61. The van der Waals surface area contributed by atoms with Gasteiger partial charge in [0, 0.05) is 13.7 Å². The van der Waals surface area contributed by atoms with Crippen molar-refractivity contribution in [3.63, 3.8) is 0 Å². The van der Waals surface area contributed by atoms with Crippen LogP contribution >= 0.6 is 0 Å². The highest BCUT2D eigenvalue weighted by molar-refractivity contribution is 5.75. The zero-order chi connectivity index (χ0) is 17.3. The third-order valence-corrected chi connectivity index (χ3v) is 4.72. The molecule has 2 fully saturated rings. The molecule has 132 valence electrons. The molecule has 2 atom stereocenters. The van der Waals surface area contributed by atoms with Crippen LogP contribution in [-0.4, -0.2) is 37.2 Å². The van der Waals surface area contributed by atoms with Crippen molar-refractivity contribution in [2.24, 2.45) is 5.92 Å². The minimum absolute atomic E-state index is 0.0198. The van der Waals surface area contributed by atoms with Crippen LogP contribution in [0.15, 0.2) is 24.3 Å². The highest BCUT2D eigenvalue weighted by Crippen LogP contribution is 2.42. The van der Waals surface area contributed by atoms with Gasteiger partial charge in [-0.2, -0.15) is 13.2 Å². The zero-order valence-corrected chi connectivity index (χ0v) is 13.5. The Bertz CT molecular complexity index is 596. The fourth-order valence-electron chi connectivity index (χ4n) is 3.04. The summed E-state index contributed by atoms with van der Waals surface area (Å²) in [7, 11) is 1.70. The summed E-state index contributed by atoms with van der Waals surface area (Å²) in [6.45, 7) is 1.13. The van der Waals surface area contributed by atoms with E-state index >= 15 is 0 Å². The van der Waals surface area contributed by atoms with E-state index in [1.54, 1.807) is 18.0 Å². The summed E-state index contributed by atoms with van der Waals surface area (Å²) >= 11 is 0. The van der Waals surface area contributed by atoms with Crippen molar-refractivity contribution in [2.45, 2.75) is 37.5 Å². The number of benzene rings is 1. The molecule has 1 saturated heterocycles. The standard InChI is InChI=1S/C17H21F3N2O2/c1-22(14-7-8-24-10-14)16(23)21-15(11-5-6-11)12-3-2-4-13(9-12)17(18,19)20/h2-4,9,11,14-15H,5-8,10H2,1H3,(H,21,23). The van der Waals surface area contributed by atoms with Crippen LogP contribution in [0.1, 0.15) is 36.4 Å². The summed E-state index contributed by atoms with van der Waals surface area (Å²) in [5.41, 5.74) is -0.172. The Kier molecular flexibility index (Phi) is 4.71. The number of halogens is 3. The van der Waals surface area contributed by atoms with E-state index < -0.39 is 11.7 Å². The molecule has 2 aliphatic rings. The molecular weight excluding hydrogens is 321 g/mol. The van der Waals surface area contributed by atoms with Gasteiger partial charge in [0.1, 0.15) is 0 Å². The Morgan fingerprint density at radius 1 is 1.33 bits per heavy atom. The largest absolute Gasteiger partial charge is 0.416 e. The van der Waals surface area contributed by atoms with Crippen LogP contribution in [0, 0.1) is 5.92 Å². The summed E-state index contributed by atoms with van der Waals surface area (Å²) in [6.07, 6.45) is -1.78. The number of alkyl halides is 3. The first-order valence-electron chi connectivity index (χ1n) is 8.14. The predicted molar refractivity (Wildman–Crippen MR) is 82.4 cm³/mol. The van der Waals surface area contributed by atoms with E-state index in [0.29, 0.717) is 18.8 Å². The highest BCUT2D eigenvalue weighted by Gasteiger charge is 2.37. The number of hydrogen-bond acceptors (Lipinski definition) is 2. The average molecular weight is 342 g/mol. The van der Waals surface area contributed by atoms with E-state index in [1.807, 2.05) is 0 Å². The van der Waals surface area contributed by atoms with Gasteiger partial charge in [-0.05, 0) is 42.9 Å². The molecule has 1 aliphatic carbocycles. The predicted octanol–water partition coefficient (Wildman–Crippen LogP) is 3.59. The van der Waals surface area contributed by atoms with Gasteiger partial charge in [-0.25, -0.2) is 4.79 Å².